The van der Waals surface area contributed by atoms with Crippen LogP contribution < -0.4 is 14.9 Å². The smallest absolute Gasteiger partial charge is 0.253 e. The Bertz CT molecular complexity index is 1290. The number of piperazine rings is 1. The molecule has 2 aromatic carbocycles. The van der Waals surface area contributed by atoms with Gasteiger partial charge in [0.05, 0.1) is 5.69 Å². The second-order valence-corrected chi connectivity index (χ2v) is 10.8. The van der Waals surface area contributed by atoms with E-state index in [0.29, 0.717) is 46.8 Å². The van der Waals surface area contributed by atoms with Crippen molar-refractivity contribution < 1.29 is 17.8 Å². The first kappa shape index (κ1) is 23.0. The molecule has 1 atom stereocenters. The number of thiazole rings is 1. The van der Waals surface area contributed by atoms with Crippen LogP contribution in [0.15, 0.2) is 46.7 Å². The summed E-state index contributed by atoms with van der Waals surface area (Å²) in [7, 11) is 0.297. The van der Waals surface area contributed by atoms with E-state index in [9.17, 15) is 17.8 Å². The number of likely N-dealkylation sites (N-methyl/N-ethyl adjacent to an activating group) is 1. The minimum absolute atomic E-state index is 0.0425. The zero-order valence-electron chi connectivity index (χ0n) is 18.6. The lowest BCUT2D eigenvalue weighted by molar-refractivity contribution is -0.134. The van der Waals surface area contributed by atoms with Crippen LogP contribution in [0.25, 0.3) is 11.1 Å². The summed E-state index contributed by atoms with van der Waals surface area (Å²) in [6.45, 7) is 3.89. The van der Waals surface area contributed by atoms with Gasteiger partial charge in [0.2, 0.25) is 0 Å². The SMILES string of the molecule is Cc1nc(N2CCN(C)C3(CN(c4ccc(-c5cc(F)ccc5F)cc4)C3)C2=O)sc1S(N)=O. The van der Waals surface area contributed by atoms with Gasteiger partial charge in [-0.1, -0.05) is 23.5 Å². The number of carbonyl (C=O) groups is 1. The Morgan fingerprint density at radius 1 is 1.12 bits per heavy atom. The Balaban J connectivity index is 1.34. The van der Waals surface area contributed by atoms with E-state index in [1.165, 1.54) is 17.4 Å². The molecule has 0 bridgehead atoms. The Kier molecular flexibility index (Phi) is 5.75. The average molecular weight is 504 g/mol. The monoisotopic (exact) mass is 503 g/mol. The van der Waals surface area contributed by atoms with Gasteiger partial charge in [-0.2, -0.15) is 0 Å². The average Bonchev–Trinajstić information content (AvgIpc) is 3.16. The van der Waals surface area contributed by atoms with Gasteiger partial charge in [-0.25, -0.2) is 23.1 Å². The van der Waals surface area contributed by atoms with E-state index in [1.807, 2.05) is 19.2 Å². The minimum Gasteiger partial charge on any atom is -0.367 e. The number of aryl methyl sites for hydroxylation is 1. The predicted octanol–water partition coefficient (Wildman–Crippen LogP) is 2.92. The molecule has 11 heteroatoms. The molecule has 1 amide bonds. The first-order valence-electron chi connectivity index (χ1n) is 10.7. The van der Waals surface area contributed by atoms with Crippen LogP contribution in [0, 0.1) is 18.6 Å². The first-order chi connectivity index (χ1) is 16.2. The van der Waals surface area contributed by atoms with Gasteiger partial charge in [-0.05, 0) is 49.9 Å². The molecule has 2 aliphatic heterocycles. The highest BCUT2D eigenvalue weighted by atomic mass is 32.2. The second kappa shape index (κ2) is 8.49. The summed E-state index contributed by atoms with van der Waals surface area (Å²) in [5, 5.41) is 6.05. The second-order valence-electron chi connectivity index (χ2n) is 8.60. The normalized spacial score (nSPS) is 18.9. The summed E-state index contributed by atoms with van der Waals surface area (Å²) in [5.74, 6) is -1.02. The largest absolute Gasteiger partial charge is 0.367 e. The highest BCUT2D eigenvalue weighted by Gasteiger charge is 2.56. The van der Waals surface area contributed by atoms with E-state index in [-0.39, 0.29) is 11.5 Å². The van der Waals surface area contributed by atoms with Crippen molar-refractivity contribution in [3.8, 4) is 11.1 Å². The minimum atomic E-state index is -1.64. The van der Waals surface area contributed by atoms with E-state index < -0.39 is 28.2 Å². The lowest BCUT2D eigenvalue weighted by atomic mass is 9.84. The molecule has 1 unspecified atom stereocenters. The number of nitrogens with two attached hydrogens (primary N) is 1. The molecule has 34 heavy (non-hydrogen) atoms. The predicted molar refractivity (Wildman–Crippen MR) is 129 cm³/mol. The third-order valence-electron chi connectivity index (χ3n) is 6.57. The summed E-state index contributed by atoms with van der Waals surface area (Å²) in [5.41, 5.74) is 1.58. The van der Waals surface area contributed by atoms with Gasteiger partial charge in [-0.15, -0.1) is 0 Å². The number of hydrogen-bond donors (Lipinski definition) is 1. The number of hydrogen-bond acceptors (Lipinski definition) is 6. The number of carbonyl (C=O) groups excluding carboxylic acids is 1. The molecule has 1 aromatic heterocycles. The lowest BCUT2D eigenvalue weighted by Gasteiger charge is -2.57. The van der Waals surface area contributed by atoms with E-state index in [2.05, 4.69) is 14.8 Å². The van der Waals surface area contributed by atoms with Crippen LogP contribution >= 0.6 is 11.3 Å². The zero-order valence-corrected chi connectivity index (χ0v) is 20.3. The zero-order chi connectivity index (χ0) is 24.2. The van der Waals surface area contributed by atoms with Crippen LogP contribution in [0.4, 0.5) is 19.6 Å². The van der Waals surface area contributed by atoms with Gasteiger partial charge in [-0.3, -0.25) is 14.6 Å². The molecule has 0 radical (unpaired) electrons. The molecular weight excluding hydrogens is 480 g/mol. The number of rotatable bonds is 4. The molecule has 1 spiro atoms. The highest BCUT2D eigenvalue weighted by Crippen LogP contribution is 2.39. The standard InChI is InChI=1S/C23H23F2N5O2S2/c1-14-20(34(26)32)33-22(27-14)30-10-9-28(2)23(21(30)31)12-29(13-23)17-6-3-15(4-7-17)18-11-16(24)5-8-19(18)25/h3-8,11H,9-10,12-13,26H2,1-2H3. The summed E-state index contributed by atoms with van der Waals surface area (Å²) in [6, 6.07) is 10.6. The molecule has 0 aliphatic carbocycles. The maximum Gasteiger partial charge on any atom is 0.253 e. The van der Waals surface area contributed by atoms with Crippen LogP contribution in [-0.2, 0) is 15.8 Å². The van der Waals surface area contributed by atoms with Gasteiger partial charge < -0.3 is 4.90 Å². The summed E-state index contributed by atoms with van der Waals surface area (Å²) >= 11 is 1.19. The number of amides is 1. The van der Waals surface area contributed by atoms with Crippen molar-refractivity contribution in [3.05, 3.63) is 59.8 Å². The topological polar surface area (TPSA) is 82.8 Å². The van der Waals surface area contributed by atoms with Crippen molar-refractivity contribution in [2.45, 2.75) is 16.7 Å². The van der Waals surface area contributed by atoms with Crippen molar-refractivity contribution in [1.29, 1.82) is 0 Å². The van der Waals surface area contributed by atoms with Crippen molar-refractivity contribution in [2.75, 3.05) is 43.0 Å². The van der Waals surface area contributed by atoms with E-state index in [1.54, 1.807) is 24.0 Å². The molecule has 2 N–H and O–H groups in total. The fourth-order valence-electron chi connectivity index (χ4n) is 4.55. The van der Waals surface area contributed by atoms with Crippen LogP contribution in [0.2, 0.25) is 0 Å². The van der Waals surface area contributed by atoms with Crippen LogP contribution in [-0.4, -0.2) is 58.8 Å². The molecule has 3 heterocycles. The van der Waals surface area contributed by atoms with Crippen molar-refractivity contribution in [3.63, 3.8) is 0 Å². The molecule has 3 aromatic rings. The van der Waals surface area contributed by atoms with E-state index in [4.69, 9.17) is 5.14 Å². The summed E-state index contributed by atoms with van der Waals surface area (Å²) < 4.78 is 39.9. The number of aromatic nitrogens is 1. The Morgan fingerprint density at radius 2 is 1.82 bits per heavy atom. The highest BCUT2D eigenvalue weighted by molar-refractivity contribution is 7.85. The third-order valence-corrected chi connectivity index (χ3v) is 8.94. The number of nitrogens with zero attached hydrogens (tertiary/aromatic N) is 4. The van der Waals surface area contributed by atoms with Gasteiger partial charge >= 0.3 is 0 Å². The van der Waals surface area contributed by atoms with Crippen LogP contribution in [0.5, 0.6) is 0 Å². The molecule has 2 saturated heterocycles. The number of anilines is 2. The van der Waals surface area contributed by atoms with Gasteiger partial charge in [0, 0.05) is 37.4 Å². The summed E-state index contributed by atoms with van der Waals surface area (Å²) in [4.78, 5) is 23.8. The first-order valence-corrected chi connectivity index (χ1v) is 12.7. The molecular formula is C23H23F2N5O2S2. The Hall–Kier alpha value is -2.73. The lowest BCUT2D eigenvalue weighted by Crippen LogP contribution is -2.79. The van der Waals surface area contributed by atoms with Crippen LogP contribution in [0.1, 0.15) is 5.69 Å². The maximum atomic E-state index is 14.1. The van der Waals surface area contributed by atoms with Crippen LogP contribution in [0.3, 0.4) is 0 Å². The summed E-state index contributed by atoms with van der Waals surface area (Å²) in [6.07, 6.45) is 0. The Labute approximate surface area is 202 Å². The quantitative estimate of drug-likeness (QED) is 0.592. The number of halogens is 2. The molecule has 2 fully saturated rings. The molecule has 0 saturated carbocycles. The van der Waals surface area contributed by atoms with Gasteiger partial charge in [0.15, 0.2) is 5.13 Å². The molecule has 5 rings (SSSR count). The third kappa shape index (κ3) is 3.72. The maximum absolute atomic E-state index is 14.1. The fraction of sp³-hybridized carbons (Fsp3) is 0.304. The molecule has 7 nitrogen and oxygen atoms in total. The molecule has 2 aliphatic rings. The molecule has 178 valence electrons. The van der Waals surface area contributed by atoms with Gasteiger partial charge in [0.1, 0.15) is 32.4 Å². The van der Waals surface area contributed by atoms with E-state index in [0.717, 1.165) is 17.8 Å². The van der Waals surface area contributed by atoms with Crippen molar-refractivity contribution in [1.82, 2.24) is 9.88 Å². The van der Waals surface area contributed by atoms with Crippen molar-refractivity contribution >= 4 is 39.0 Å². The fourth-order valence-corrected chi connectivity index (χ4v) is 6.26. The Morgan fingerprint density at radius 3 is 2.47 bits per heavy atom. The van der Waals surface area contributed by atoms with Crippen molar-refractivity contribution in [2.24, 2.45) is 5.14 Å². The van der Waals surface area contributed by atoms with E-state index >= 15 is 0 Å². The van der Waals surface area contributed by atoms with Gasteiger partial charge in [0.25, 0.3) is 5.91 Å². The number of benzene rings is 2.